The number of benzene rings is 3. The lowest BCUT2D eigenvalue weighted by atomic mass is 9.83. The molecule has 1 unspecified atom stereocenters. The molecule has 0 N–H and O–H groups in total. The fraction of sp³-hybridized carbons (Fsp3) is 0.163. The van der Waals surface area contributed by atoms with Gasteiger partial charge < -0.3 is 0 Å². The Morgan fingerprint density at radius 1 is 0.894 bits per heavy atom. The van der Waals surface area contributed by atoms with Gasteiger partial charge in [0.05, 0.1) is 11.2 Å². The van der Waals surface area contributed by atoms with Gasteiger partial charge in [0.25, 0.3) is 0 Å². The van der Waals surface area contributed by atoms with Gasteiger partial charge in [-0.3, -0.25) is 9.47 Å². The summed E-state index contributed by atoms with van der Waals surface area (Å²) in [5, 5.41) is 1.13. The van der Waals surface area contributed by atoms with Crippen LogP contribution in [0.15, 0.2) is 144 Å². The van der Waals surface area contributed by atoms with Gasteiger partial charge in [0.15, 0.2) is 11.5 Å². The molecule has 0 saturated heterocycles. The molecule has 0 saturated carbocycles. The maximum absolute atomic E-state index is 5.60. The van der Waals surface area contributed by atoms with Crippen molar-refractivity contribution in [1.29, 1.82) is 0 Å². The highest BCUT2D eigenvalue weighted by Gasteiger charge is 2.28. The summed E-state index contributed by atoms with van der Waals surface area (Å²) < 4.78 is 2.42. The molecular formula is C43H38N4. The number of aromatic nitrogens is 3. The molecule has 2 aliphatic carbocycles. The van der Waals surface area contributed by atoms with Crippen molar-refractivity contribution < 1.29 is 0 Å². The lowest BCUT2D eigenvalue weighted by Crippen LogP contribution is -2.16. The molecule has 47 heavy (non-hydrogen) atoms. The van der Waals surface area contributed by atoms with Crippen molar-refractivity contribution in [2.24, 2.45) is 5.92 Å². The van der Waals surface area contributed by atoms with Crippen molar-refractivity contribution in [1.82, 2.24) is 14.5 Å². The second kappa shape index (κ2) is 12.4. The van der Waals surface area contributed by atoms with Crippen molar-refractivity contribution >= 4 is 57.1 Å². The summed E-state index contributed by atoms with van der Waals surface area (Å²) >= 11 is 0. The monoisotopic (exact) mass is 610 g/mol. The number of fused-ring (bicyclic) bond motifs is 5. The van der Waals surface area contributed by atoms with Crippen molar-refractivity contribution in [2.75, 3.05) is 4.90 Å². The van der Waals surface area contributed by atoms with Crippen LogP contribution in [0.3, 0.4) is 0 Å². The van der Waals surface area contributed by atoms with Crippen molar-refractivity contribution in [3.63, 3.8) is 0 Å². The van der Waals surface area contributed by atoms with E-state index in [9.17, 15) is 0 Å². The largest absolute Gasteiger partial charge is 0.296 e. The Labute approximate surface area is 276 Å². The van der Waals surface area contributed by atoms with Crippen LogP contribution in [0.2, 0.25) is 0 Å². The van der Waals surface area contributed by atoms with Crippen LogP contribution in [0.1, 0.15) is 50.8 Å². The van der Waals surface area contributed by atoms with Crippen molar-refractivity contribution in [2.45, 2.75) is 39.5 Å². The minimum Gasteiger partial charge on any atom is -0.296 e. The van der Waals surface area contributed by atoms with Crippen molar-refractivity contribution in [3.8, 4) is 0 Å². The summed E-state index contributed by atoms with van der Waals surface area (Å²) in [6, 6.07) is 27.7. The third-order valence-corrected chi connectivity index (χ3v) is 9.49. The summed E-state index contributed by atoms with van der Waals surface area (Å²) in [5.74, 6) is 1.13. The van der Waals surface area contributed by atoms with E-state index in [1.165, 1.54) is 22.4 Å². The summed E-state index contributed by atoms with van der Waals surface area (Å²) in [7, 11) is 0. The minimum absolute atomic E-state index is 0.296. The molecule has 0 radical (unpaired) electrons. The quantitative estimate of drug-likeness (QED) is 0.176. The molecule has 0 spiro atoms. The van der Waals surface area contributed by atoms with Gasteiger partial charge in [-0.25, -0.2) is 9.97 Å². The zero-order chi connectivity index (χ0) is 31.7. The molecule has 4 heteroatoms. The van der Waals surface area contributed by atoms with Gasteiger partial charge in [-0.2, -0.15) is 0 Å². The molecule has 1 atom stereocenters. The van der Waals surface area contributed by atoms with E-state index in [0.717, 1.165) is 76.2 Å². The molecule has 3 aromatic carbocycles. The van der Waals surface area contributed by atoms with Crippen LogP contribution in [-0.2, 0) is 0 Å². The first-order valence-corrected chi connectivity index (χ1v) is 16.8. The van der Waals surface area contributed by atoms with Crippen LogP contribution >= 0.6 is 0 Å². The lowest BCUT2D eigenvalue weighted by Gasteiger charge is -2.28. The van der Waals surface area contributed by atoms with Crippen LogP contribution in [0.25, 0.3) is 39.9 Å². The van der Waals surface area contributed by atoms with E-state index in [-0.39, 0.29) is 0 Å². The molecule has 2 aromatic heterocycles. The maximum Gasteiger partial charge on any atom is 0.166 e. The van der Waals surface area contributed by atoms with E-state index >= 15 is 0 Å². The van der Waals surface area contributed by atoms with Gasteiger partial charge in [0.1, 0.15) is 11.2 Å². The summed E-state index contributed by atoms with van der Waals surface area (Å²) in [4.78, 5) is 13.3. The Bertz CT molecular complexity index is 2220. The van der Waals surface area contributed by atoms with Gasteiger partial charge in [-0.1, -0.05) is 116 Å². The standard InChI is InChI=1S/C43H38N4/c1-3-4-7-16-30(2)33-26-28-40(36(29-33)31-17-8-5-9-18-31)47-39-24-15-13-22-35(39)41-43(47)45-42-37(44-41)27-25-32-19-12-14-23-38(32)46(42)34-20-10-6-11-21-34/h4-17,19-25,27,29,31H,3,18,26,28H2,1-2H3/b7-4-,30-16+. The van der Waals surface area contributed by atoms with Gasteiger partial charge in [0.2, 0.25) is 0 Å². The molecule has 5 aromatic rings. The molecule has 0 bridgehead atoms. The molecule has 1 aliphatic heterocycles. The molecule has 3 heterocycles. The predicted molar refractivity (Wildman–Crippen MR) is 199 cm³/mol. The minimum atomic E-state index is 0.296. The molecule has 3 aliphatic rings. The zero-order valence-corrected chi connectivity index (χ0v) is 27.0. The molecule has 230 valence electrons. The molecule has 8 rings (SSSR count). The van der Waals surface area contributed by atoms with E-state index in [0.29, 0.717) is 5.92 Å². The van der Waals surface area contributed by atoms with Crippen LogP contribution in [-0.4, -0.2) is 14.5 Å². The summed E-state index contributed by atoms with van der Waals surface area (Å²) in [6.07, 6.45) is 26.4. The third-order valence-electron chi connectivity index (χ3n) is 9.49. The van der Waals surface area contributed by atoms with Gasteiger partial charge in [-0.15, -0.1) is 0 Å². The van der Waals surface area contributed by atoms with Crippen LogP contribution in [0.4, 0.5) is 17.2 Å². The molecule has 0 fully saturated rings. The maximum atomic E-state index is 5.60. The number of nitrogens with zero attached hydrogens (tertiary/aromatic N) is 4. The smallest absolute Gasteiger partial charge is 0.166 e. The first kappa shape index (κ1) is 29.0. The number of rotatable bonds is 6. The van der Waals surface area contributed by atoms with Gasteiger partial charge in [0, 0.05) is 22.7 Å². The Morgan fingerprint density at radius 3 is 2.57 bits per heavy atom. The fourth-order valence-corrected chi connectivity index (χ4v) is 7.13. The van der Waals surface area contributed by atoms with E-state index in [1.54, 1.807) is 0 Å². The van der Waals surface area contributed by atoms with Crippen LogP contribution < -0.4 is 4.90 Å². The number of anilines is 3. The third kappa shape index (κ3) is 5.20. The molecular weight excluding hydrogens is 573 g/mol. The summed E-state index contributed by atoms with van der Waals surface area (Å²) in [5.41, 5.74) is 12.5. The van der Waals surface area contributed by atoms with E-state index in [2.05, 4.69) is 163 Å². The highest BCUT2D eigenvalue weighted by Crippen LogP contribution is 2.44. The van der Waals surface area contributed by atoms with E-state index < -0.39 is 0 Å². The second-order valence-electron chi connectivity index (χ2n) is 12.4. The number of hydrogen-bond donors (Lipinski definition) is 0. The Kier molecular flexibility index (Phi) is 7.62. The average Bonchev–Trinajstić information content (AvgIpc) is 3.34. The van der Waals surface area contributed by atoms with Gasteiger partial charge >= 0.3 is 0 Å². The highest BCUT2D eigenvalue weighted by molar-refractivity contribution is 6.08. The first-order valence-electron chi connectivity index (χ1n) is 16.8. The Morgan fingerprint density at radius 2 is 1.72 bits per heavy atom. The molecule has 4 nitrogen and oxygen atoms in total. The number of para-hydroxylation sites is 3. The zero-order valence-electron chi connectivity index (χ0n) is 27.0. The van der Waals surface area contributed by atoms with Gasteiger partial charge in [-0.05, 0) is 85.2 Å². The highest BCUT2D eigenvalue weighted by atomic mass is 15.2. The van der Waals surface area contributed by atoms with Crippen LogP contribution in [0.5, 0.6) is 0 Å². The predicted octanol–water partition coefficient (Wildman–Crippen LogP) is 11.5. The molecule has 0 amide bonds. The topological polar surface area (TPSA) is 34.0 Å². The Hall–Kier alpha value is -5.48. The Balaban J connectivity index is 1.41. The van der Waals surface area contributed by atoms with Crippen molar-refractivity contribution in [3.05, 3.63) is 155 Å². The normalized spacial score (nSPS) is 17.8. The summed E-state index contributed by atoms with van der Waals surface area (Å²) in [6.45, 7) is 4.42. The number of hydrogen-bond acceptors (Lipinski definition) is 3. The van der Waals surface area contributed by atoms with E-state index in [4.69, 9.17) is 9.97 Å². The first-order chi connectivity index (χ1) is 23.2. The SMILES string of the molecule is CC/C=C\C=C(/C)C1=CC(C2C=CC=CC2)=C(n2c3ccccc3c3nc4c(nc32)N(c2ccccc2)c2ccccc2C=C4)CC1. The lowest BCUT2D eigenvalue weighted by molar-refractivity contribution is 0.758. The second-order valence-corrected chi connectivity index (χ2v) is 12.4. The van der Waals surface area contributed by atoms with E-state index in [1.807, 2.05) is 0 Å². The number of allylic oxidation sites excluding steroid dienone is 12. The average molecular weight is 611 g/mol. The van der Waals surface area contributed by atoms with Crippen LogP contribution in [0, 0.1) is 5.92 Å². The fourth-order valence-electron chi connectivity index (χ4n) is 7.13.